The fourth-order valence-electron chi connectivity index (χ4n) is 2.15. The molecule has 2 aliphatic heterocycles. The van der Waals surface area contributed by atoms with E-state index in [0.29, 0.717) is 12.0 Å². The molecule has 2 saturated heterocycles. The SMILES string of the molecule is COC(=O)N1C[C@@H]2CNC[C@H]1C2. The van der Waals surface area contributed by atoms with Gasteiger partial charge in [-0.2, -0.15) is 0 Å². The van der Waals surface area contributed by atoms with Crippen molar-refractivity contribution in [2.45, 2.75) is 12.5 Å². The first-order valence-corrected chi connectivity index (χ1v) is 4.36. The summed E-state index contributed by atoms with van der Waals surface area (Å²) in [5.41, 5.74) is 0. The number of nitrogens with one attached hydrogen (secondary N) is 1. The number of carbonyl (C=O) groups excluding carboxylic acids is 1. The van der Waals surface area contributed by atoms with Crippen LogP contribution >= 0.6 is 0 Å². The molecule has 0 aliphatic carbocycles. The Hall–Kier alpha value is -0.770. The van der Waals surface area contributed by atoms with Crippen molar-refractivity contribution in [3.05, 3.63) is 0 Å². The first kappa shape index (κ1) is 7.86. The summed E-state index contributed by atoms with van der Waals surface area (Å²) < 4.78 is 4.70. The lowest BCUT2D eigenvalue weighted by Crippen LogP contribution is -2.41. The third-order valence-electron chi connectivity index (χ3n) is 2.72. The van der Waals surface area contributed by atoms with E-state index >= 15 is 0 Å². The number of methoxy groups -OCH3 is 1. The van der Waals surface area contributed by atoms with Crippen molar-refractivity contribution in [1.29, 1.82) is 0 Å². The number of fused-ring (bicyclic) bond motifs is 2. The summed E-state index contributed by atoms with van der Waals surface area (Å²) in [6.07, 6.45) is 0.966. The Morgan fingerprint density at radius 1 is 1.58 bits per heavy atom. The maximum Gasteiger partial charge on any atom is 0.409 e. The molecule has 2 rings (SSSR count). The summed E-state index contributed by atoms with van der Waals surface area (Å²) in [5.74, 6) is 0.642. The molecule has 2 aliphatic rings. The predicted octanol–water partition coefficient (Wildman–Crippen LogP) is 0.0465. The normalized spacial score (nSPS) is 33.6. The van der Waals surface area contributed by atoms with Crippen LogP contribution in [0.1, 0.15) is 6.42 Å². The van der Waals surface area contributed by atoms with Gasteiger partial charge in [0.15, 0.2) is 0 Å². The minimum absolute atomic E-state index is 0.175. The average Bonchev–Trinajstić information content (AvgIpc) is 2.40. The lowest BCUT2D eigenvalue weighted by atomic mass is 10.0. The molecule has 4 nitrogen and oxygen atoms in total. The first-order valence-electron chi connectivity index (χ1n) is 4.36. The molecule has 2 atom stereocenters. The van der Waals surface area contributed by atoms with Crippen molar-refractivity contribution in [3.63, 3.8) is 0 Å². The van der Waals surface area contributed by atoms with Crippen LogP contribution < -0.4 is 5.32 Å². The molecular formula is C8H14N2O2. The summed E-state index contributed by atoms with van der Waals surface area (Å²) in [6, 6.07) is 0.371. The molecule has 0 spiro atoms. The van der Waals surface area contributed by atoms with Crippen molar-refractivity contribution in [2.75, 3.05) is 26.7 Å². The zero-order chi connectivity index (χ0) is 8.55. The molecule has 68 valence electrons. The van der Waals surface area contributed by atoms with E-state index in [2.05, 4.69) is 5.32 Å². The number of rotatable bonds is 0. The molecular weight excluding hydrogens is 156 g/mol. The number of hydrogen-bond donors (Lipinski definition) is 1. The number of ether oxygens (including phenoxy) is 1. The van der Waals surface area contributed by atoms with Crippen LogP contribution in [0.15, 0.2) is 0 Å². The molecule has 0 saturated carbocycles. The largest absolute Gasteiger partial charge is 0.453 e. The van der Waals surface area contributed by atoms with Crippen LogP contribution in [0.5, 0.6) is 0 Å². The van der Waals surface area contributed by atoms with Gasteiger partial charge >= 0.3 is 6.09 Å². The van der Waals surface area contributed by atoms with Crippen molar-refractivity contribution in [1.82, 2.24) is 10.2 Å². The van der Waals surface area contributed by atoms with Gasteiger partial charge in [-0.15, -0.1) is 0 Å². The second-order valence-corrected chi connectivity index (χ2v) is 3.54. The van der Waals surface area contributed by atoms with Crippen LogP contribution in [-0.2, 0) is 4.74 Å². The van der Waals surface area contributed by atoms with E-state index in [-0.39, 0.29) is 6.09 Å². The quantitative estimate of drug-likeness (QED) is 0.558. The van der Waals surface area contributed by atoms with Gasteiger partial charge in [-0.1, -0.05) is 0 Å². The molecule has 12 heavy (non-hydrogen) atoms. The van der Waals surface area contributed by atoms with E-state index < -0.39 is 0 Å². The van der Waals surface area contributed by atoms with Gasteiger partial charge in [-0.3, -0.25) is 0 Å². The van der Waals surface area contributed by atoms with E-state index in [1.54, 1.807) is 0 Å². The van der Waals surface area contributed by atoms with Crippen LogP contribution in [0.4, 0.5) is 4.79 Å². The Kier molecular flexibility index (Phi) is 1.92. The Morgan fingerprint density at radius 2 is 2.42 bits per heavy atom. The van der Waals surface area contributed by atoms with Crippen LogP contribution in [0.2, 0.25) is 0 Å². The summed E-state index contributed by atoms with van der Waals surface area (Å²) in [4.78, 5) is 13.1. The van der Waals surface area contributed by atoms with Crippen LogP contribution in [0.3, 0.4) is 0 Å². The first-order chi connectivity index (χ1) is 5.81. The van der Waals surface area contributed by atoms with Crippen molar-refractivity contribution >= 4 is 6.09 Å². The molecule has 0 aromatic rings. The van der Waals surface area contributed by atoms with Gasteiger partial charge in [0.1, 0.15) is 0 Å². The Morgan fingerprint density at radius 3 is 3.08 bits per heavy atom. The molecule has 0 radical (unpaired) electrons. The smallest absolute Gasteiger partial charge is 0.409 e. The summed E-state index contributed by atoms with van der Waals surface area (Å²) >= 11 is 0. The van der Waals surface area contributed by atoms with Gasteiger partial charge in [-0.25, -0.2) is 4.79 Å². The molecule has 2 bridgehead atoms. The van der Waals surface area contributed by atoms with E-state index in [0.717, 1.165) is 26.1 Å². The molecule has 1 amide bonds. The summed E-state index contributed by atoms with van der Waals surface area (Å²) in [7, 11) is 1.44. The van der Waals surface area contributed by atoms with E-state index in [1.165, 1.54) is 7.11 Å². The monoisotopic (exact) mass is 170 g/mol. The van der Waals surface area contributed by atoms with Crippen LogP contribution in [0, 0.1) is 5.92 Å². The minimum Gasteiger partial charge on any atom is -0.453 e. The molecule has 0 aromatic carbocycles. The highest BCUT2D eigenvalue weighted by molar-refractivity contribution is 5.68. The zero-order valence-electron chi connectivity index (χ0n) is 7.25. The Labute approximate surface area is 71.9 Å². The molecule has 0 unspecified atom stereocenters. The molecule has 4 heteroatoms. The van der Waals surface area contributed by atoms with E-state index in [1.807, 2.05) is 4.90 Å². The molecule has 1 N–H and O–H groups in total. The Balaban J connectivity index is 2.04. The maximum absolute atomic E-state index is 11.2. The second kappa shape index (κ2) is 2.94. The lowest BCUT2D eigenvalue weighted by Gasteiger charge is -2.23. The van der Waals surface area contributed by atoms with Gasteiger partial charge in [0.25, 0.3) is 0 Å². The second-order valence-electron chi connectivity index (χ2n) is 3.54. The predicted molar refractivity (Wildman–Crippen MR) is 43.9 cm³/mol. The topological polar surface area (TPSA) is 41.6 Å². The minimum atomic E-state index is -0.175. The number of carbonyl (C=O) groups is 1. The number of likely N-dealkylation sites (tertiary alicyclic amines) is 1. The highest BCUT2D eigenvalue weighted by atomic mass is 16.5. The fraction of sp³-hybridized carbons (Fsp3) is 0.875. The standard InChI is InChI=1S/C8H14N2O2/c1-12-8(11)10-5-6-2-7(10)4-9-3-6/h6-7,9H,2-5H2,1H3/t6-,7+/m0/s1. The van der Waals surface area contributed by atoms with Crippen LogP contribution in [-0.4, -0.2) is 43.8 Å². The number of amides is 1. The van der Waals surface area contributed by atoms with E-state index in [9.17, 15) is 4.79 Å². The maximum atomic E-state index is 11.2. The highest BCUT2D eigenvalue weighted by Crippen LogP contribution is 2.25. The summed E-state index contributed by atoms with van der Waals surface area (Å²) in [5, 5.41) is 3.31. The van der Waals surface area contributed by atoms with Crippen molar-refractivity contribution < 1.29 is 9.53 Å². The third-order valence-corrected chi connectivity index (χ3v) is 2.72. The highest BCUT2D eigenvalue weighted by Gasteiger charge is 2.38. The van der Waals surface area contributed by atoms with E-state index in [4.69, 9.17) is 4.74 Å². The lowest BCUT2D eigenvalue weighted by molar-refractivity contribution is 0.120. The fourth-order valence-corrected chi connectivity index (χ4v) is 2.15. The summed E-state index contributed by atoms with van der Waals surface area (Å²) in [6.45, 7) is 2.83. The van der Waals surface area contributed by atoms with Gasteiger partial charge in [0, 0.05) is 19.1 Å². The van der Waals surface area contributed by atoms with Crippen molar-refractivity contribution in [3.8, 4) is 0 Å². The Bertz CT molecular complexity index is 195. The number of hydrogen-bond acceptors (Lipinski definition) is 3. The molecule has 0 aromatic heterocycles. The van der Waals surface area contributed by atoms with Gasteiger partial charge in [-0.05, 0) is 18.9 Å². The number of piperidine rings is 1. The molecule has 2 heterocycles. The molecule has 2 fully saturated rings. The van der Waals surface area contributed by atoms with Crippen molar-refractivity contribution in [2.24, 2.45) is 5.92 Å². The van der Waals surface area contributed by atoms with Gasteiger partial charge < -0.3 is 15.0 Å². The number of nitrogens with zero attached hydrogens (tertiary/aromatic N) is 1. The van der Waals surface area contributed by atoms with Gasteiger partial charge in [0.2, 0.25) is 0 Å². The third kappa shape index (κ3) is 1.16. The van der Waals surface area contributed by atoms with Gasteiger partial charge in [0.05, 0.1) is 7.11 Å². The zero-order valence-corrected chi connectivity index (χ0v) is 7.25. The average molecular weight is 170 g/mol. The van der Waals surface area contributed by atoms with Crippen LogP contribution in [0.25, 0.3) is 0 Å².